The Balaban J connectivity index is 1.29. The van der Waals surface area contributed by atoms with Gasteiger partial charge in [0.1, 0.15) is 11.2 Å². The van der Waals surface area contributed by atoms with E-state index < -0.39 is 0 Å². The summed E-state index contributed by atoms with van der Waals surface area (Å²) >= 11 is 0. The summed E-state index contributed by atoms with van der Waals surface area (Å²) in [5.41, 5.74) is 10.8. The molecule has 0 aliphatic heterocycles. The first-order valence-corrected chi connectivity index (χ1v) is 14.8. The van der Waals surface area contributed by atoms with E-state index in [1.165, 1.54) is 16.2 Å². The monoisotopic (exact) mass is 561 g/mol. The van der Waals surface area contributed by atoms with E-state index in [9.17, 15) is 0 Å². The second-order valence-electron chi connectivity index (χ2n) is 11.4. The normalized spacial score (nSPS) is 12.1. The average molecular weight is 562 g/mol. The van der Waals surface area contributed by atoms with Crippen LogP contribution in [0.15, 0.2) is 144 Å². The van der Waals surface area contributed by atoms with Crippen LogP contribution in [0.3, 0.4) is 0 Å². The van der Waals surface area contributed by atoms with E-state index >= 15 is 0 Å². The van der Waals surface area contributed by atoms with Crippen LogP contribution in [0.25, 0.3) is 93.8 Å². The molecule has 0 N–H and O–H groups in total. The van der Waals surface area contributed by atoms with Crippen molar-refractivity contribution in [3.8, 4) is 28.2 Å². The van der Waals surface area contributed by atoms with Crippen LogP contribution >= 0.6 is 0 Å². The Bertz CT molecular complexity index is 2700. The first kappa shape index (κ1) is 23.6. The van der Waals surface area contributed by atoms with E-state index in [4.69, 9.17) is 14.4 Å². The standard InChI is InChI=1S/C40H23N3O/c1-3-10-25(11-4-1)38-39(26-12-5-2-6-13-26)42-32-22-27(19-21-31(32)41-38)43-33-16-9-14-24-18-20-29-37(36(24)33)34(43)23-30-28-15-7-8-17-35(28)44-40(29)30/h1-23H. The number of para-hydroxylation sites is 1. The summed E-state index contributed by atoms with van der Waals surface area (Å²) in [4.78, 5) is 10.5. The summed E-state index contributed by atoms with van der Waals surface area (Å²) in [6.07, 6.45) is 0. The van der Waals surface area contributed by atoms with Gasteiger partial charge in [-0.15, -0.1) is 0 Å². The van der Waals surface area contributed by atoms with Crippen LogP contribution in [0.4, 0.5) is 0 Å². The number of benzene rings is 7. The fourth-order valence-corrected chi connectivity index (χ4v) is 6.98. The predicted octanol–water partition coefficient (Wildman–Crippen LogP) is 10.6. The molecule has 3 aromatic heterocycles. The maximum Gasteiger partial charge on any atom is 0.143 e. The summed E-state index contributed by atoms with van der Waals surface area (Å²) < 4.78 is 8.83. The van der Waals surface area contributed by atoms with Crippen molar-refractivity contribution in [1.82, 2.24) is 14.5 Å². The minimum Gasteiger partial charge on any atom is -0.455 e. The molecule has 0 bridgehead atoms. The van der Waals surface area contributed by atoms with E-state index in [2.05, 4.69) is 108 Å². The highest BCUT2D eigenvalue weighted by Gasteiger charge is 2.22. The van der Waals surface area contributed by atoms with Gasteiger partial charge in [-0.1, -0.05) is 97.1 Å². The smallest absolute Gasteiger partial charge is 0.143 e. The zero-order valence-electron chi connectivity index (χ0n) is 23.5. The van der Waals surface area contributed by atoms with Crippen LogP contribution in [-0.2, 0) is 0 Å². The van der Waals surface area contributed by atoms with Crippen LogP contribution in [0, 0.1) is 0 Å². The van der Waals surface area contributed by atoms with Gasteiger partial charge in [-0.3, -0.25) is 0 Å². The number of fused-ring (bicyclic) bond motifs is 5. The zero-order chi connectivity index (χ0) is 28.8. The van der Waals surface area contributed by atoms with Crippen LogP contribution in [0.1, 0.15) is 0 Å². The highest BCUT2D eigenvalue weighted by atomic mass is 16.3. The summed E-state index contributed by atoms with van der Waals surface area (Å²) in [6.45, 7) is 0. The molecule has 10 rings (SSSR count). The second-order valence-corrected chi connectivity index (χ2v) is 11.4. The van der Waals surface area contributed by atoms with Crippen molar-refractivity contribution in [2.24, 2.45) is 0 Å². The molecule has 0 radical (unpaired) electrons. The van der Waals surface area contributed by atoms with Crippen molar-refractivity contribution >= 4 is 65.6 Å². The molecule has 0 aliphatic carbocycles. The maximum absolute atomic E-state index is 6.46. The summed E-state index contributed by atoms with van der Waals surface area (Å²) in [5.74, 6) is 0. The lowest BCUT2D eigenvalue weighted by Gasteiger charge is -2.13. The maximum atomic E-state index is 6.46. The molecule has 0 amide bonds. The lowest BCUT2D eigenvalue weighted by atomic mass is 10.00. The Kier molecular flexibility index (Phi) is 4.69. The minimum absolute atomic E-state index is 0.857. The molecular formula is C40H23N3O. The summed E-state index contributed by atoms with van der Waals surface area (Å²) in [7, 11) is 0. The van der Waals surface area contributed by atoms with Gasteiger partial charge in [0.2, 0.25) is 0 Å². The molecule has 4 nitrogen and oxygen atoms in total. The second kappa shape index (κ2) is 8.76. The van der Waals surface area contributed by atoms with Crippen molar-refractivity contribution in [3.05, 3.63) is 140 Å². The molecule has 0 aliphatic rings. The molecule has 0 saturated heterocycles. The highest BCUT2D eigenvalue weighted by molar-refractivity contribution is 6.31. The van der Waals surface area contributed by atoms with E-state index in [0.717, 1.165) is 77.6 Å². The Morgan fingerprint density at radius 1 is 0.477 bits per heavy atom. The van der Waals surface area contributed by atoms with Gasteiger partial charge in [0.15, 0.2) is 0 Å². The first-order chi connectivity index (χ1) is 21.8. The topological polar surface area (TPSA) is 43.9 Å². The number of nitrogens with zero attached hydrogens (tertiary/aromatic N) is 3. The van der Waals surface area contributed by atoms with Crippen LogP contribution < -0.4 is 0 Å². The molecule has 10 aromatic rings. The Morgan fingerprint density at radius 2 is 1.20 bits per heavy atom. The third kappa shape index (κ3) is 3.22. The molecule has 0 saturated carbocycles. The molecule has 0 fully saturated rings. The Morgan fingerprint density at radius 3 is 2.00 bits per heavy atom. The van der Waals surface area contributed by atoms with Gasteiger partial charge in [0.25, 0.3) is 0 Å². The van der Waals surface area contributed by atoms with Gasteiger partial charge in [0.05, 0.1) is 33.5 Å². The van der Waals surface area contributed by atoms with Gasteiger partial charge in [-0.25, -0.2) is 9.97 Å². The Labute approximate surface area is 251 Å². The largest absolute Gasteiger partial charge is 0.455 e. The first-order valence-electron chi connectivity index (χ1n) is 14.8. The van der Waals surface area contributed by atoms with Crippen molar-refractivity contribution < 1.29 is 4.42 Å². The molecular weight excluding hydrogens is 538 g/mol. The third-order valence-corrected chi connectivity index (χ3v) is 8.92. The lowest BCUT2D eigenvalue weighted by Crippen LogP contribution is -1.98. The van der Waals surface area contributed by atoms with Crippen LogP contribution in [0.5, 0.6) is 0 Å². The van der Waals surface area contributed by atoms with Crippen molar-refractivity contribution in [2.75, 3.05) is 0 Å². The zero-order valence-corrected chi connectivity index (χ0v) is 23.5. The molecule has 44 heavy (non-hydrogen) atoms. The van der Waals surface area contributed by atoms with Crippen molar-refractivity contribution in [2.45, 2.75) is 0 Å². The van der Waals surface area contributed by atoms with Gasteiger partial charge < -0.3 is 8.98 Å². The van der Waals surface area contributed by atoms with E-state index in [-0.39, 0.29) is 0 Å². The fraction of sp³-hybridized carbons (Fsp3) is 0. The molecule has 0 unspecified atom stereocenters. The lowest BCUT2D eigenvalue weighted by molar-refractivity contribution is 0.673. The summed E-state index contributed by atoms with van der Waals surface area (Å²) in [6, 6.07) is 48.7. The van der Waals surface area contributed by atoms with E-state index in [1.54, 1.807) is 0 Å². The number of aromatic nitrogens is 3. The SMILES string of the molecule is c1ccc(-c2nc3ccc(-n4c5cccc6ccc7c8oc9ccccc9c8cc4c7c65)cc3nc2-c2ccccc2)cc1. The fourth-order valence-electron chi connectivity index (χ4n) is 6.98. The number of hydrogen-bond acceptors (Lipinski definition) is 3. The molecule has 4 heteroatoms. The van der Waals surface area contributed by atoms with Crippen molar-refractivity contribution in [3.63, 3.8) is 0 Å². The Hall–Kier alpha value is -6.00. The molecule has 204 valence electrons. The average Bonchev–Trinajstić information content (AvgIpc) is 3.63. The van der Waals surface area contributed by atoms with Gasteiger partial charge in [0, 0.05) is 43.7 Å². The number of furan rings is 1. The van der Waals surface area contributed by atoms with Gasteiger partial charge in [-0.05, 0) is 47.9 Å². The minimum atomic E-state index is 0.857. The molecule has 0 spiro atoms. The van der Waals surface area contributed by atoms with Gasteiger partial charge >= 0.3 is 0 Å². The number of hydrogen-bond donors (Lipinski definition) is 0. The van der Waals surface area contributed by atoms with E-state index in [0.29, 0.717) is 0 Å². The van der Waals surface area contributed by atoms with Crippen LogP contribution in [0.2, 0.25) is 0 Å². The van der Waals surface area contributed by atoms with Crippen LogP contribution in [-0.4, -0.2) is 14.5 Å². The quantitative estimate of drug-likeness (QED) is 0.202. The third-order valence-electron chi connectivity index (χ3n) is 8.92. The predicted molar refractivity (Wildman–Crippen MR) is 181 cm³/mol. The number of rotatable bonds is 3. The molecule has 3 heterocycles. The highest BCUT2D eigenvalue weighted by Crippen LogP contribution is 2.44. The molecule has 0 atom stereocenters. The van der Waals surface area contributed by atoms with Gasteiger partial charge in [-0.2, -0.15) is 0 Å². The summed E-state index contributed by atoms with van der Waals surface area (Å²) in [5, 5.41) is 7.07. The van der Waals surface area contributed by atoms with E-state index in [1.807, 2.05) is 36.4 Å². The van der Waals surface area contributed by atoms with Crippen molar-refractivity contribution in [1.29, 1.82) is 0 Å². The molecule has 7 aromatic carbocycles.